The second-order valence-corrected chi connectivity index (χ2v) is 6.09. The molecule has 0 spiro atoms. The Balaban J connectivity index is 2.48. The van der Waals surface area contributed by atoms with E-state index in [0.29, 0.717) is 0 Å². The summed E-state index contributed by atoms with van der Waals surface area (Å²) in [6.45, 7) is -0.569. The lowest BCUT2D eigenvalue weighted by atomic mass is 10.2. The molecule has 0 aliphatic rings. The number of hydrazine groups is 3. The maximum atomic E-state index is 11.6. The summed E-state index contributed by atoms with van der Waals surface area (Å²) >= 11 is 16.0. The summed E-state index contributed by atoms with van der Waals surface area (Å²) in [6, 6.07) is 9.02. The average Bonchev–Trinajstić information content (AvgIpc) is 2.49. The number of halogens is 3. The van der Waals surface area contributed by atoms with E-state index in [0.717, 1.165) is 5.56 Å². The number of alkyl halides is 3. The van der Waals surface area contributed by atoms with Crippen LogP contribution in [0.15, 0.2) is 35.5 Å². The van der Waals surface area contributed by atoms with Crippen LogP contribution in [0.25, 0.3) is 0 Å². The number of amides is 2. The number of carbonyl (C=O) groups excluding carboxylic acids is 2. The fraction of sp³-hybridized carbons (Fsp3) is 0.182. The summed E-state index contributed by atoms with van der Waals surface area (Å²) in [5.41, 5.74) is 0.770. The van der Waals surface area contributed by atoms with Crippen LogP contribution in [0.2, 0.25) is 0 Å². The molecule has 0 radical (unpaired) electrons. The van der Waals surface area contributed by atoms with Crippen molar-refractivity contribution in [3.63, 3.8) is 0 Å². The summed E-state index contributed by atoms with van der Waals surface area (Å²) < 4.78 is -2.35. The molecular formula is C11H12Cl3N5O3. The predicted octanol–water partition coefficient (Wildman–Crippen LogP) is 0.727. The summed E-state index contributed by atoms with van der Waals surface area (Å²) in [6.07, 6.45) is 1.39. The summed E-state index contributed by atoms with van der Waals surface area (Å²) in [7, 11) is 0. The summed E-state index contributed by atoms with van der Waals surface area (Å²) in [4.78, 5) is 27.9. The van der Waals surface area contributed by atoms with Crippen molar-refractivity contribution in [2.45, 2.75) is 3.79 Å². The van der Waals surface area contributed by atoms with Gasteiger partial charge in [-0.25, -0.2) is 11.7 Å². The molecule has 0 atom stereocenters. The molecule has 11 heteroatoms. The van der Waals surface area contributed by atoms with Crippen LogP contribution in [0.5, 0.6) is 0 Å². The van der Waals surface area contributed by atoms with Crippen molar-refractivity contribution < 1.29 is 14.4 Å². The van der Waals surface area contributed by atoms with Crippen molar-refractivity contribution in [1.82, 2.24) is 10.2 Å². The lowest BCUT2D eigenvalue weighted by Gasteiger charge is -2.27. The SMILES string of the molecule is NN(C(=O)CO/N=C/c1ccccc1)N(N)C(=O)C(Cl)(Cl)Cl. The Hall–Kier alpha value is -1.58. The van der Waals surface area contributed by atoms with Crippen molar-refractivity contribution in [3.05, 3.63) is 35.9 Å². The molecule has 0 aliphatic carbocycles. The van der Waals surface area contributed by atoms with Gasteiger partial charge in [0.15, 0.2) is 6.61 Å². The standard InChI is InChI=1S/C11H12Cl3N5O3/c12-11(13,14)10(21)19(16)18(15)9(20)7-22-17-6-8-4-2-1-3-5-8/h1-6H,7,15-16H2/b17-6+. The Morgan fingerprint density at radius 3 is 2.32 bits per heavy atom. The Morgan fingerprint density at radius 2 is 1.77 bits per heavy atom. The first-order valence-corrected chi connectivity index (χ1v) is 6.81. The third-order valence-electron chi connectivity index (χ3n) is 2.20. The monoisotopic (exact) mass is 367 g/mol. The fourth-order valence-electron chi connectivity index (χ4n) is 1.14. The van der Waals surface area contributed by atoms with Crippen LogP contribution in [-0.2, 0) is 14.4 Å². The quantitative estimate of drug-likeness (QED) is 0.267. The van der Waals surface area contributed by atoms with E-state index in [4.69, 9.17) is 51.3 Å². The summed E-state index contributed by atoms with van der Waals surface area (Å²) in [5, 5.41) is 3.98. The van der Waals surface area contributed by atoms with Crippen LogP contribution in [0.1, 0.15) is 5.56 Å². The van der Waals surface area contributed by atoms with Crippen LogP contribution in [-0.4, -0.2) is 38.7 Å². The van der Waals surface area contributed by atoms with E-state index in [2.05, 4.69) is 5.16 Å². The van der Waals surface area contributed by atoms with E-state index in [1.54, 1.807) is 12.1 Å². The van der Waals surface area contributed by atoms with Crippen LogP contribution in [0, 0.1) is 0 Å². The van der Waals surface area contributed by atoms with Gasteiger partial charge in [0, 0.05) is 0 Å². The first kappa shape index (κ1) is 18.5. The second kappa shape index (κ2) is 8.16. The summed E-state index contributed by atoms with van der Waals surface area (Å²) in [5.74, 6) is 8.48. The number of nitrogens with two attached hydrogens (primary N) is 2. The van der Waals surface area contributed by atoms with Crippen LogP contribution in [0.3, 0.4) is 0 Å². The number of benzene rings is 1. The maximum Gasteiger partial charge on any atom is 0.309 e. The lowest BCUT2D eigenvalue weighted by molar-refractivity contribution is -0.167. The first-order valence-electron chi connectivity index (χ1n) is 5.67. The van der Waals surface area contributed by atoms with Gasteiger partial charge in [0.1, 0.15) is 0 Å². The fourth-order valence-corrected chi connectivity index (χ4v) is 1.40. The third-order valence-corrected chi connectivity index (χ3v) is 2.69. The number of hydrogen-bond acceptors (Lipinski definition) is 6. The molecule has 0 aromatic heterocycles. The predicted molar refractivity (Wildman–Crippen MR) is 82.3 cm³/mol. The van der Waals surface area contributed by atoms with Gasteiger partial charge in [0.05, 0.1) is 6.21 Å². The zero-order chi connectivity index (χ0) is 16.8. The number of carbonyl (C=O) groups is 2. The van der Waals surface area contributed by atoms with Crippen molar-refractivity contribution in [3.8, 4) is 0 Å². The van der Waals surface area contributed by atoms with Crippen molar-refractivity contribution in [1.29, 1.82) is 0 Å². The molecular weight excluding hydrogens is 357 g/mol. The highest BCUT2D eigenvalue weighted by Crippen LogP contribution is 2.27. The van der Waals surface area contributed by atoms with Gasteiger partial charge in [0.2, 0.25) is 0 Å². The molecule has 1 aromatic carbocycles. The van der Waals surface area contributed by atoms with E-state index in [1.807, 2.05) is 18.2 Å². The molecule has 0 aliphatic heterocycles. The first-order chi connectivity index (χ1) is 10.2. The van der Waals surface area contributed by atoms with Crippen LogP contribution >= 0.6 is 34.8 Å². The topological polar surface area (TPSA) is 114 Å². The molecule has 2 amide bonds. The zero-order valence-corrected chi connectivity index (χ0v) is 13.3. The molecule has 1 rings (SSSR count). The number of nitrogens with zero attached hydrogens (tertiary/aromatic N) is 3. The molecule has 120 valence electrons. The molecule has 0 unspecified atom stereocenters. The normalized spacial score (nSPS) is 11.3. The molecule has 8 nitrogen and oxygen atoms in total. The Morgan fingerprint density at radius 1 is 1.18 bits per heavy atom. The Bertz CT molecular complexity index is 550. The van der Waals surface area contributed by atoms with Crippen molar-refractivity contribution >= 4 is 52.8 Å². The van der Waals surface area contributed by atoms with Gasteiger partial charge in [-0.1, -0.05) is 70.3 Å². The van der Waals surface area contributed by atoms with E-state index < -0.39 is 22.2 Å². The maximum absolute atomic E-state index is 11.6. The highest BCUT2D eigenvalue weighted by atomic mass is 35.6. The highest BCUT2D eigenvalue weighted by Gasteiger charge is 2.37. The van der Waals surface area contributed by atoms with Crippen LogP contribution in [0.4, 0.5) is 0 Å². The van der Waals surface area contributed by atoms with Gasteiger partial charge in [0.25, 0.3) is 9.70 Å². The van der Waals surface area contributed by atoms with Gasteiger partial charge in [-0.3, -0.25) is 9.59 Å². The minimum atomic E-state index is -2.35. The van der Waals surface area contributed by atoms with Gasteiger partial charge < -0.3 is 4.84 Å². The molecule has 0 fully saturated rings. The van der Waals surface area contributed by atoms with Crippen LogP contribution < -0.4 is 11.7 Å². The molecule has 0 heterocycles. The second-order valence-electron chi connectivity index (χ2n) is 3.80. The van der Waals surface area contributed by atoms with Gasteiger partial charge >= 0.3 is 5.91 Å². The minimum Gasteiger partial charge on any atom is -0.386 e. The van der Waals surface area contributed by atoms with Crippen molar-refractivity contribution in [2.75, 3.05) is 6.61 Å². The molecule has 4 N–H and O–H groups in total. The molecule has 22 heavy (non-hydrogen) atoms. The Kier molecular flexibility index (Phi) is 6.85. The van der Waals surface area contributed by atoms with Gasteiger partial charge in [-0.05, 0) is 5.56 Å². The number of rotatable bonds is 4. The van der Waals surface area contributed by atoms with E-state index in [-0.39, 0.29) is 10.2 Å². The van der Waals surface area contributed by atoms with Crippen molar-refractivity contribution in [2.24, 2.45) is 16.8 Å². The van der Waals surface area contributed by atoms with Gasteiger partial charge in [-0.2, -0.15) is 10.2 Å². The molecule has 0 bridgehead atoms. The average molecular weight is 369 g/mol. The van der Waals surface area contributed by atoms with E-state index in [1.165, 1.54) is 6.21 Å². The zero-order valence-electron chi connectivity index (χ0n) is 11.0. The highest BCUT2D eigenvalue weighted by molar-refractivity contribution is 6.76. The Labute approximate surface area is 141 Å². The molecule has 1 aromatic rings. The minimum absolute atomic E-state index is 0.166. The van der Waals surface area contributed by atoms with Gasteiger partial charge in [-0.15, -0.1) is 0 Å². The van der Waals surface area contributed by atoms with E-state index >= 15 is 0 Å². The van der Waals surface area contributed by atoms with E-state index in [9.17, 15) is 9.59 Å². The largest absolute Gasteiger partial charge is 0.386 e. The third kappa shape index (κ3) is 5.66. The molecule has 0 saturated carbocycles. The number of oxime groups is 1. The number of hydrogen-bond donors (Lipinski definition) is 2. The lowest BCUT2D eigenvalue weighted by Crippen LogP contribution is -2.60. The smallest absolute Gasteiger partial charge is 0.309 e. The molecule has 0 saturated heterocycles.